The van der Waals surface area contributed by atoms with Gasteiger partial charge in [-0.05, 0) is 89.9 Å². The lowest BCUT2D eigenvalue weighted by Gasteiger charge is -2.46. The molecular weight excluding hydrogens is 1160 g/mol. The standard InChI is InChI=1S/C78H135NO13/c1-3-5-7-9-11-13-15-17-19-21-22-23-24-25-26-27-28-29-30-31-32-33-34-35-36-37-38-39-40-41-42-43-44-46-48-50-52-54-56-58-60-62-70(83)79-66(67(82)61-59-57-55-53-51-49-47-45-20-18-16-14-12-10-8-6-4-2)65-89-77-75(88)73(86)76(69(64-81)91-77)92-78-74(87)72(85)71(84)68(63-80)90-78/h5,7,11,13,17,19,22-23,25-26,28-29,31-32,51,53,59,61,66-69,71-78,80-82,84-88H,3-4,6,8-10,12,14-16,18,20-21,24,27,30,33-50,52,54-58,60,62-65H2,1-2H3,(H,79,83)/b7-5-,13-11-,19-17-,23-22-,26-25-,29-28-,32-31-,53-51+,61-59+. The Kier molecular flexibility index (Phi) is 56.4. The van der Waals surface area contributed by atoms with Crippen molar-refractivity contribution in [3.63, 3.8) is 0 Å². The van der Waals surface area contributed by atoms with Gasteiger partial charge < -0.3 is 65.1 Å². The van der Waals surface area contributed by atoms with Crippen LogP contribution >= 0.6 is 0 Å². The van der Waals surface area contributed by atoms with Crippen LogP contribution in [0.5, 0.6) is 0 Å². The van der Waals surface area contributed by atoms with E-state index >= 15 is 0 Å². The molecule has 0 aromatic heterocycles. The summed E-state index contributed by atoms with van der Waals surface area (Å²) in [6, 6.07) is -0.936. The molecule has 1 amide bonds. The number of unbranched alkanes of at least 4 members (excludes halogenated alkanes) is 31. The highest BCUT2D eigenvalue weighted by molar-refractivity contribution is 5.76. The number of aliphatic hydroxyl groups is 8. The Labute approximate surface area is 559 Å². The molecule has 12 atom stereocenters. The summed E-state index contributed by atoms with van der Waals surface area (Å²) < 4.78 is 22.8. The van der Waals surface area contributed by atoms with Crippen LogP contribution in [0.2, 0.25) is 0 Å². The largest absolute Gasteiger partial charge is 0.394 e. The zero-order chi connectivity index (χ0) is 66.6. The third-order valence-corrected chi connectivity index (χ3v) is 17.4. The maximum Gasteiger partial charge on any atom is 0.220 e. The third kappa shape index (κ3) is 44.4. The minimum absolute atomic E-state index is 0.249. The van der Waals surface area contributed by atoms with Gasteiger partial charge in [0.25, 0.3) is 0 Å². The highest BCUT2D eigenvalue weighted by atomic mass is 16.7. The zero-order valence-corrected chi connectivity index (χ0v) is 57.8. The molecule has 530 valence electrons. The van der Waals surface area contributed by atoms with E-state index in [9.17, 15) is 45.6 Å². The normalized spacial score (nSPS) is 23.3. The van der Waals surface area contributed by atoms with Crippen molar-refractivity contribution < 1.29 is 64.6 Å². The number of amides is 1. The molecule has 0 saturated carbocycles. The summed E-state index contributed by atoms with van der Waals surface area (Å²) in [7, 11) is 0. The molecule has 0 bridgehead atoms. The molecule has 9 N–H and O–H groups in total. The molecule has 92 heavy (non-hydrogen) atoms. The molecule has 2 saturated heterocycles. The number of carbonyl (C=O) groups excluding carboxylic acids is 1. The van der Waals surface area contributed by atoms with E-state index in [1.54, 1.807) is 6.08 Å². The first kappa shape index (κ1) is 84.7. The summed E-state index contributed by atoms with van der Waals surface area (Å²) in [5.41, 5.74) is 0. The lowest BCUT2D eigenvalue weighted by Crippen LogP contribution is -2.65. The average molecular weight is 1290 g/mol. The van der Waals surface area contributed by atoms with Gasteiger partial charge >= 0.3 is 0 Å². The molecule has 0 aromatic carbocycles. The predicted molar refractivity (Wildman–Crippen MR) is 378 cm³/mol. The Morgan fingerprint density at radius 1 is 0.402 bits per heavy atom. The topological polar surface area (TPSA) is 228 Å². The maximum absolute atomic E-state index is 13.3. The van der Waals surface area contributed by atoms with E-state index in [4.69, 9.17) is 18.9 Å². The van der Waals surface area contributed by atoms with Crippen molar-refractivity contribution in [1.82, 2.24) is 5.32 Å². The molecule has 0 spiro atoms. The van der Waals surface area contributed by atoms with Gasteiger partial charge in [0.05, 0.1) is 32.0 Å². The van der Waals surface area contributed by atoms with Crippen molar-refractivity contribution >= 4 is 5.91 Å². The summed E-state index contributed by atoms with van der Waals surface area (Å²) >= 11 is 0. The zero-order valence-electron chi connectivity index (χ0n) is 57.8. The number of hydrogen-bond acceptors (Lipinski definition) is 13. The van der Waals surface area contributed by atoms with Crippen LogP contribution in [-0.2, 0) is 23.7 Å². The third-order valence-electron chi connectivity index (χ3n) is 17.4. The van der Waals surface area contributed by atoms with Gasteiger partial charge in [0.15, 0.2) is 12.6 Å². The number of rotatable bonds is 60. The second-order valence-corrected chi connectivity index (χ2v) is 25.7. The second-order valence-electron chi connectivity index (χ2n) is 25.7. The predicted octanol–water partition coefficient (Wildman–Crippen LogP) is 15.9. The molecule has 0 radical (unpaired) electrons. The first-order valence-corrected chi connectivity index (χ1v) is 37.1. The van der Waals surface area contributed by atoms with Crippen LogP contribution in [0, 0.1) is 0 Å². The van der Waals surface area contributed by atoms with E-state index < -0.39 is 86.8 Å². The van der Waals surface area contributed by atoms with Crippen molar-refractivity contribution in [2.24, 2.45) is 0 Å². The van der Waals surface area contributed by atoms with E-state index in [-0.39, 0.29) is 18.9 Å². The highest BCUT2D eigenvalue weighted by Gasteiger charge is 2.51. The van der Waals surface area contributed by atoms with E-state index in [0.29, 0.717) is 12.8 Å². The minimum atomic E-state index is -1.79. The molecule has 2 aliphatic rings. The van der Waals surface area contributed by atoms with Gasteiger partial charge in [-0.15, -0.1) is 0 Å². The van der Waals surface area contributed by atoms with E-state index in [1.807, 2.05) is 6.08 Å². The summed E-state index contributed by atoms with van der Waals surface area (Å²) in [4.78, 5) is 13.3. The number of carbonyl (C=O) groups is 1. The van der Waals surface area contributed by atoms with Gasteiger partial charge in [-0.1, -0.05) is 297 Å². The van der Waals surface area contributed by atoms with E-state index in [2.05, 4.69) is 116 Å². The highest BCUT2D eigenvalue weighted by Crippen LogP contribution is 2.30. The number of hydrogen-bond donors (Lipinski definition) is 9. The lowest BCUT2D eigenvalue weighted by atomic mass is 9.97. The molecule has 0 aromatic rings. The van der Waals surface area contributed by atoms with Crippen LogP contribution in [0.3, 0.4) is 0 Å². The molecule has 14 nitrogen and oxygen atoms in total. The minimum Gasteiger partial charge on any atom is -0.394 e. The molecule has 12 unspecified atom stereocenters. The first-order valence-electron chi connectivity index (χ1n) is 37.1. The molecule has 14 heteroatoms. The van der Waals surface area contributed by atoms with Gasteiger partial charge in [-0.3, -0.25) is 4.79 Å². The van der Waals surface area contributed by atoms with Crippen LogP contribution in [0.4, 0.5) is 0 Å². The van der Waals surface area contributed by atoms with Gasteiger partial charge in [0, 0.05) is 6.42 Å². The number of ether oxygens (including phenoxy) is 4. The SMILES string of the molecule is CC/C=C\C/C=C\C/C=C\C/C=C\C/C=C\C/C=C\C/C=C\CCCCCCCCCCCCCCCCCCCCCC(=O)NC(COC1OC(CO)C(OC2OC(CO)C(O)C(O)C2O)C(O)C1O)C(O)/C=C/CC/C=C/CCCCCCCCCCCCC. The summed E-state index contributed by atoms with van der Waals surface area (Å²) in [6.45, 7) is 2.68. The van der Waals surface area contributed by atoms with Crippen molar-refractivity contribution in [2.75, 3.05) is 19.8 Å². The first-order chi connectivity index (χ1) is 45.1. The fourth-order valence-electron chi connectivity index (χ4n) is 11.6. The fraction of sp³-hybridized carbons (Fsp3) is 0.756. The number of nitrogens with one attached hydrogen (secondary N) is 1. The molecule has 2 rings (SSSR count). The summed E-state index contributed by atoms with van der Waals surface area (Å²) in [5, 5.41) is 87.4. The molecule has 2 aliphatic heterocycles. The van der Waals surface area contributed by atoms with Crippen LogP contribution in [0.15, 0.2) is 109 Å². The summed E-state index contributed by atoms with van der Waals surface area (Å²) in [6.07, 6.45) is 71.6. The van der Waals surface area contributed by atoms with Crippen LogP contribution in [0.1, 0.15) is 284 Å². The Balaban J connectivity index is 1.58. The maximum atomic E-state index is 13.3. The van der Waals surface area contributed by atoms with Gasteiger partial charge in [0.1, 0.15) is 48.8 Å². The Morgan fingerprint density at radius 2 is 0.761 bits per heavy atom. The number of aliphatic hydroxyl groups excluding tert-OH is 8. The number of allylic oxidation sites excluding steroid dienone is 17. The van der Waals surface area contributed by atoms with Crippen molar-refractivity contribution in [3.8, 4) is 0 Å². The smallest absolute Gasteiger partial charge is 0.220 e. The molecule has 0 aliphatic carbocycles. The van der Waals surface area contributed by atoms with Crippen LogP contribution in [-0.4, -0.2) is 140 Å². The van der Waals surface area contributed by atoms with Crippen LogP contribution in [0.25, 0.3) is 0 Å². The molecular formula is C78H135NO13. The van der Waals surface area contributed by atoms with E-state index in [0.717, 1.165) is 77.0 Å². The Morgan fingerprint density at radius 3 is 1.20 bits per heavy atom. The summed E-state index contributed by atoms with van der Waals surface area (Å²) in [5.74, 6) is -0.249. The van der Waals surface area contributed by atoms with Gasteiger partial charge in [0.2, 0.25) is 5.91 Å². The second kappa shape index (κ2) is 61.3. The van der Waals surface area contributed by atoms with Gasteiger partial charge in [-0.25, -0.2) is 0 Å². The fourth-order valence-corrected chi connectivity index (χ4v) is 11.6. The average Bonchev–Trinajstić information content (AvgIpc) is 0.856. The van der Waals surface area contributed by atoms with Crippen molar-refractivity contribution in [3.05, 3.63) is 109 Å². The Bertz CT molecular complexity index is 1960. The molecule has 2 fully saturated rings. The Hall–Kier alpha value is -3.35. The van der Waals surface area contributed by atoms with Gasteiger partial charge in [-0.2, -0.15) is 0 Å². The van der Waals surface area contributed by atoms with E-state index in [1.165, 1.54) is 173 Å². The van der Waals surface area contributed by atoms with Crippen LogP contribution < -0.4 is 5.32 Å². The van der Waals surface area contributed by atoms with Crippen molar-refractivity contribution in [1.29, 1.82) is 0 Å². The monoisotopic (exact) mass is 1290 g/mol. The quantitative estimate of drug-likeness (QED) is 0.0204. The lowest BCUT2D eigenvalue weighted by molar-refractivity contribution is -0.359. The molecule has 2 heterocycles. The van der Waals surface area contributed by atoms with Crippen molar-refractivity contribution in [2.45, 2.75) is 357 Å².